The maximum atomic E-state index is 11.6. The molecule has 0 spiro atoms. The van der Waals surface area contributed by atoms with Crippen molar-refractivity contribution in [3.63, 3.8) is 0 Å². The number of amides is 1. The van der Waals surface area contributed by atoms with E-state index in [0.717, 1.165) is 10.7 Å². The quantitative estimate of drug-likeness (QED) is 0.859. The molecule has 0 saturated carbocycles. The minimum atomic E-state index is -0.190. The molecule has 1 heterocycles. The van der Waals surface area contributed by atoms with E-state index in [4.69, 9.17) is 11.2 Å². The maximum Gasteiger partial charge on any atom is 0.252 e. The lowest BCUT2D eigenvalue weighted by atomic mass is 10.2. The smallest absolute Gasteiger partial charge is 0.252 e. The zero-order valence-corrected chi connectivity index (χ0v) is 11.9. The van der Waals surface area contributed by atoms with Crippen LogP contribution in [0.2, 0.25) is 0 Å². The Morgan fingerprint density at radius 2 is 2.20 bits per heavy atom. The molecule has 5 heteroatoms. The molecule has 0 radical (unpaired) electrons. The zero-order valence-electron chi connectivity index (χ0n) is 11.1. The normalized spacial score (nSPS) is 9.80. The lowest BCUT2D eigenvalue weighted by molar-refractivity contribution is 0.0958. The van der Waals surface area contributed by atoms with E-state index < -0.39 is 0 Å². The minimum absolute atomic E-state index is 0.190. The average molecular weight is 286 g/mol. The number of carbonyl (C=O) groups is 1. The summed E-state index contributed by atoms with van der Waals surface area (Å²) in [7, 11) is 0. The van der Waals surface area contributed by atoms with E-state index in [1.54, 1.807) is 35.6 Å². The number of hydrogen-bond donors (Lipinski definition) is 1. The predicted octanol–water partition coefficient (Wildman–Crippen LogP) is 2.39. The van der Waals surface area contributed by atoms with Crippen molar-refractivity contribution in [1.82, 2.24) is 10.3 Å². The summed E-state index contributed by atoms with van der Waals surface area (Å²) in [5, 5.41) is 5.59. The van der Waals surface area contributed by atoms with Gasteiger partial charge in [0.1, 0.15) is 12.4 Å². The molecule has 1 aromatic heterocycles. The van der Waals surface area contributed by atoms with E-state index in [1.165, 1.54) is 0 Å². The number of aromatic nitrogens is 1. The first-order chi connectivity index (χ1) is 9.69. The fourth-order valence-electron chi connectivity index (χ4n) is 1.57. The molecule has 0 aliphatic carbocycles. The highest BCUT2D eigenvalue weighted by Crippen LogP contribution is 2.15. The molecule has 20 heavy (non-hydrogen) atoms. The van der Waals surface area contributed by atoms with Gasteiger partial charge in [0.2, 0.25) is 0 Å². The minimum Gasteiger partial charge on any atom is -0.487 e. The summed E-state index contributed by atoms with van der Waals surface area (Å²) in [6, 6.07) is 6.91. The Balaban J connectivity index is 1.91. The van der Waals surface area contributed by atoms with Gasteiger partial charge >= 0.3 is 0 Å². The molecule has 4 nitrogen and oxygen atoms in total. The van der Waals surface area contributed by atoms with Crippen LogP contribution >= 0.6 is 11.3 Å². The third kappa shape index (κ3) is 3.84. The number of aryl methyl sites for hydroxylation is 1. The van der Waals surface area contributed by atoms with Gasteiger partial charge in [0.15, 0.2) is 0 Å². The van der Waals surface area contributed by atoms with Gasteiger partial charge in [-0.25, -0.2) is 4.98 Å². The van der Waals surface area contributed by atoms with Gasteiger partial charge in [-0.05, 0) is 31.2 Å². The monoisotopic (exact) mass is 286 g/mol. The molecule has 0 fully saturated rings. The van der Waals surface area contributed by atoms with E-state index >= 15 is 0 Å². The summed E-state index contributed by atoms with van der Waals surface area (Å²) in [6.45, 7) is 2.60. The number of nitrogens with one attached hydrogen (secondary N) is 1. The Kier molecular flexibility index (Phi) is 4.75. The zero-order chi connectivity index (χ0) is 14.4. The number of thiazole rings is 1. The Labute approximate surface area is 121 Å². The highest BCUT2D eigenvalue weighted by molar-refractivity contribution is 7.09. The van der Waals surface area contributed by atoms with E-state index in [0.29, 0.717) is 17.9 Å². The number of hydrogen-bond acceptors (Lipinski definition) is 4. The molecule has 0 bridgehead atoms. The highest BCUT2D eigenvalue weighted by Gasteiger charge is 2.05. The number of benzene rings is 1. The fraction of sp³-hybridized carbons (Fsp3) is 0.200. The molecule has 0 atom stereocenters. The van der Waals surface area contributed by atoms with Gasteiger partial charge in [-0.3, -0.25) is 4.79 Å². The Morgan fingerprint density at radius 1 is 1.45 bits per heavy atom. The molecule has 0 saturated heterocycles. The van der Waals surface area contributed by atoms with Crippen LogP contribution in [0.5, 0.6) is 5.75 Å². The molecule has 1 aromatic carbocycles. The van der Waals surface area contributed by atoms with Crippen molar-refractivity contribution >= 4 is 17.2 Å². The number of ether oxygens (including phenoxy) is 1. The summed E-state index contributed by atoms with van der Waals surface area (Å²) in [4.78, 5) is 16.0. The van der Waals surface area contributed by atoms with Crippen LogP contribution in [-0.4, -0.2) is 17.4 Å². The number of terminal acetylenes is 1. The maximum absolute atomic E-state index is 11.6. The predicted molar refractivity (Wildman–Crippen MR) is 78.8 cm³/mol. The first-order valence-corrected chi connectivity index (χ1v) is 6.92. The van der Waals surface area contributed by atoms with Gasteiger partial charge < -0.3 is 10.1 Å². The van der Waals surface area contributed by atoms with Crippen LogP contribution in [-0.2, 0) is 6.61 Å². The van der Waals surface area contributed by atoms with Crippen molar-refractivity contribution < 1.29 is 9.53 Å². The Morgan fingerprint density at radius 3 is 2.80 bits per heavy atom. The third-order valence-electron chi connectivity index (χ3n) is 2.52. The van der Waals surface area contributed by atoms with E-state index in [2.05, 4.69) is 16.2 Å². The van der Waals surface area contributed by atoms with Crippen molar-refractivity contribution in [3.8, 4) is 18.1 Å². The van der Waals surface area contributed by atoms with Crippen LogP contribution in [0, 0.1) is 19.3 Å². The number of carbonyl (C=O) groups excluding carboxylic acids is 1. The highest BCUT2D eigenvalue weighted by atomic mass is 32.1. The van der Waals surface area contributed by atoms with Crippen LogP contribution in [0.25, 0.3) is 0 Å². The van der Waals surface area contributed by atoms with Crippen molar-refractivity contribution in [2.45, 2.75) is 13.5 Å². The first-order valence-electron chi connectivity index (χ1n) is 6.04. The van der Waals surface area contributed by atoms with Crippen LogP contribution in [0.1, 0.15) is 21.1 Å². The molecular weight excluding hydrogens is 272 g/mol. The van der Waals surface area contributed by atoms with Crippen LogP contribution in [0.15, 0.2) is 29.6 Å². The lowest BCUT2D eigenvalue weighted by Gasteiger charge is -2.06. The number of rotatable bonds is 5. The lowest BCUT2D eigenvalue weighted by Crippen LogP contribution is -2.23. The molecule has 0 aliphatic rings. The van der Waals surface area contributed by atoms with Gasteiger partial charge in [-0.2, -0.15) is 0 Å². The summed E-state index contributed by atoms with van der Waals surface area (Å²) in [5.41, 5.74) is 1.46. The second-order valence-corrected chi connectivity index (χ2v) is 5.12. The van der Waals surface area contributed by atoms with Gasteiger partial charge in [0, 0.05) is 10.9 Å². The molecule has 1 amide bonds. The van der Waals surface area contributed by atoms with Crippen molar-refractivity contribution in [1.29, 1.82) is 0 Å². The van der Waals surface area contributed by atoms with Crippen LogP contribution < -0.4 is 10.1 Å². The van der Waals surface area contributed by atoms with E-state index in [9.17, 15) is 4.79 Å². The van der Waals surface area contributed by atoms with Crippen molar-refractivity contribution in [3.05, 3.63) is 45.9 Å². The Hall–Kier alpha value is -2.32. The summed E-state index contributed by atoms with van der Waals surface area (Å²) >= 11 is 1.59. The van der Waals surface area contributed by atoms with Gasteiger partial charge in [0.05, 0.1) is 17.2 Å². The second-order valence-electron chi connectivity index (χ2n) is 4.06. The SMILES string of the molecule is C#CCNC(=O)c1ccc(OCc2csc(C)n2)cc1. The number of nitrogens with zero attached hydrogens (tertiary/aromatic N) is 1. The first kappa shape index (κ1) is 14.1. The molecule has 2 aromatic rings. The molecule has 102 valence electrons. The summed E-state index contributed by atoms with van der Waals surface area (Å²) < 4.78 is 5.60. The molecular formula is C15H14N2O2S. The van der Waals surface area contributed by atoms with Gasteiger partial charge in [-0.1, -0.05) is 5.92 Å². The fourth-order valence-corrected chi connectivity index (χ4v) is 2.17. The average Bonchev–Trinajstić information content (AvgIpc) is 2.89. The van der Waals surface area contributed by atoms with Crippen molar-refractivity contribution in [2.24, 2.45) is 0 Å². The second kappa shape index (κ2) is 6.73. The Bertz CT molecular complexity index is 626. The largest absolute Gasteiger partial charge is 0.487 e. The van der Waals surface area contributed by atoms with Crippen LogP contribution in [0.3, 0.4) is 0 Å². The summed E-state index contributed by atoms with van der Waals surface area (Å²) in [6.07, 6.45) is 5.09. The summed E-state index contributed by atoms with van der Waals surface area (Å²) in [5.74, 6) is 2.87. The topological polar surface area (TPSA) is 51.2 Å². The standard InChI is InChI=1S/C15H14N2O2S/c1-3-8-16-15(18)12-4-6-14(7-5-12)19-9-13-10-20-11(2)17-13/h1,4-7,10H,8-9H2,2H3,(H,16,18). The van der Waals surface area contributed by atoms with E-state index in [-0.39, 0.29) is 12.5 Å². The molecule has 1 N–H and O–H groups in total. The van der Waals surface area contributed by atoms with E-state index in [1.807, 2.05) is 12.3 Å². The molecule has 0 unspecified atom stereocenters. The van der Waals surface area contributed by atoms with Crippen LogP contribution in [0.4, 0.5) is 0 Å². The van der Waals surface area contributed by atoms with Crippen molar-refractivity contribution in [2.75, 3.05) is 6.54 Å². The third-order valence-corrected chi connectivity index (χ3v) is 3.34. The molecule has 2 rings (SSSR count). The van der Waals surface area contributed by atoms with Gasteiger partial charge in [0.25, 0.3) is 5.91 Å². The van der Waals surface area contributed by atoms with Gasteiger partial charge in [-0.15, -0.1) is 17.8 Å². The molecule has 0 aliphatic heterocycles.